The molecule has 0 amide bonds. The third kappa shape index (κ3) is 8.96. The summed E-state index contributed by atoms with van der Waals surface area (Å²) >= 11 is 0. The van der Waals surface area contributed by atoms with Crippen LogP contribution in [0.1, 0.15) is 0 Å². The molecule has 0 aromatic rings. The van der Waals surface area contributed by atoms with Gasteiger partial charge in [0.15, 0.2) is 0 Å². The first-order chi connectivity index (χ1) is 0. The van der Waals surface area contributed by atoms with E-state index in [0.29, 0.717) is 0 Å². The van der Waals surface area contributed by atoms with Gasteiger partial charge >= 0.3 is 0 Å². The van der Waals surface area contributed by atoms with Gasteiger partial charge in [-0.2, -0.15) is 0 Å². The van der Waals surface area contributed by atoms with Crippen molar-refractivity contribution in [1.29, 1.82) is 0 Å². The Morgan fingerprint density at radius 2 is 1.00 bits per heavy atom. The predicted molar refractivity (Wildman–Crippen MR) is 0 cm³/mol. The molecule has 4 heteroatoms. The van der Waals surface area contributed by atoms with Gasteiger partial charge < -0.3 is 0 Å². The van der Waals surface area contributed by atoms with E-state index in [0.717, 1.165) is 0 Å². The van der Waals surface area contributed by atoms with Crippen LogP contribution in [0.3, 0.4) is 0 Å². The Bertz CT molecular complexity index is 8.00. The zero-order valence-electron chi connectivity index (χ0n) is 1.35. The van der Waals surface area contributed by atoms with Crippen LogP contribution in [0.2, 0.25) is 0 Å². The molecule has 2 radical (unpaired) electrons. The summed E-state index contributed by atoms with van der Waals surface area (Å²) in [4.78, 5) is 0. The standard InChI is InChI=1S/Cu.Fe.Mn.Ni. The van der Waals surface area contributed by atoms with Crippen molar-refractivity contribution in [3.8, 4) is 0 Å². The van der Waals surface area contributed by atoms with E-state index in [1.807, 2.05) is 0 Å². The van der Waals surface area contributed by atoms with Gasteiger partial charge in [0.2, 0.25) is 0 Å². The maximum Gasteiger partial charge on any atom is 0 e. The number of hydrogen-bond donors (Lipinski definition) is 0. The van der Waals surface area contributed by atoms with Crippen molar-refractivity contribution >= 4 is 0 Å². The van der Waals surface area contributed by atoms with E-state index in [4.69, 9.17) is 0 Å². The summed E-state index contributed by atoms with van der Waals surface area (Å²) in [5.74, 6) is 0. The van der Waals surface area contributed by atoms with Gasteiger partial charge in [0.1, 0.15) is 0 Å². The van der Waals surface area contributed by atoms with Crippen LogP contribution in [-0.2, 0) is 67.7 Å². The van der Waals surface area contributed by atoms with Gasteiger partial charge in [0, 0.05) is 67.7 Å². The second-order valence-electron chi connectivity index (χ2n) is 0. The first kappa shape index (κ1) is 36.7. The first-order valence-corrected chi connectivity index (χ1v) is 0. The van der Waals surface area contributed by atoms with E-state index in [1.54, 1.807) is 0 Å². The van der Waals surface area contributed by atoms with Crippen molar-refractivity contribution in [2.75, 3.05) is 0 Å². The molecule has 0 unspecified atom stereocenters. The molecule has 0 aromatic carbocycles. The fraction of sp³-hybridized carbons (Fsp3) is 0. The van der Waals surface area contributed by atoms with E-state index in [9.17, 15) is 0 Å². The van der Waals surface area contributed by atoms with Crippen LogP contribution in [0, 0.1) is 0 Å². The Labute approximate surface area is 67.2 Å². The van der Waals surface area contributed by atoms with Gasteiger partial charge in [-0.3, -0.25) is 0 Å². The van der Waals surface area contributed by atoms with Gasteiger partial charge in [-0.25, -0.2) is 0 Å². The zero-order chi connectivity index (χ0) is 0. The normalized spacial score (nSPS) is 0. The molecule has 0 bridgehead atoms. The van der Waals surface area contributed by atoms with Crippen LogP contribution in [0.15, 0.2) is 0 Å². The maximum absolute atomic E-state index is 0. The molecule has 0 saturated carbocycles. The monoisotopic (exact) mass is 232 g/mol. The number of hydrogen-bond acceptors (Lipinski definition) is 0. The minimum Gasteiger partial charge on any atom is 0 e. The van der Waals surface area contributed by atoms with Crippen molar-refractivity contribution in [3.63, 3.8) is 0 Å². The molecule has 0 nitrogen and oxygen atoms in total. The minimum atomic E-state index is 0. The maximum atomic E-state index is 0. The van der Waals surface area contributed by atoms with Gasteiger partial charge in [-0.15, -0.1) is 0 Å². The van der Waals surface area contributed by atoms with Crippen LogP contribution in [-0.4, -0.2) is 0 Å². The molecule has 0 saturated heterocycles. The summed E-state index contributed by atoms with van der Waals surface area (Å²) in [5.41, 5.74) is 0. The average Bonchev–Trinajstić information content (AvgIpc) is 0. The minimum absolute atomic E-state index is 0. The molecule has 4 heavy (non-hydrogen) atoms. The molecule has 0 atom stereocenters. The SMILES string of the molecule is [Cu].[Fe].[Mn].[Ni]. The predicted octanol–water partition coefficient (Wildman–Crippen LogP) is -0.0100. The third-order valence-electron chi connectivity index (χ3n) is 0. The number of rotatable bonds is 0. The zero-order valence-corrected chi connectivity index (χ0v) is 5.56. The molecule has 0 heterocycles. The first-order valence-electron chi connectivity index (χ1n) is 0. The van der Waals surface area contributed by atoms with Crippen molar-refractivity contribution in [2.45, 2.75) is 0 Å². The molecule has 0 aliphatic heterocycles. The van der Waals surface area contributed by atoms with Crippen molar-refractivity contribution in [3.05, 3.63) is 0 Å². The summed E-state index contributed by atoms with van der Waals surface area (Å²) in [5, 5.41) is 0. The van der Waals surface area contributed by atoms with E-state index >= 15 is 0 Å². The fourth-order valence-electron chi connectivity index (χ4n) is 0. The summed E-state index contributed by atoms with van der Waals surface area (Å²) in [6, 6.07) is 0. The Kier molecular flexibility index (Phi) is 181. The summed E-state index contributed by atoms with van der Waals surface area (Å²) < 4.78 is 0. The van der Waals surface area contributed by atoms with Gasteiger partial charge in [0.25, 0.3) is 0 Å². The second-order valence-corrected chi connectivity index (χ2v) is 0. The Morgan fingerprint density at radius 1 is 1.00 bits per heavy atom. The molecule has 0 fully saturated rings. The van der Waals surface area contributed by atoms with E-state index in [2.05, 4.69) is 0 Å². The molecule has 0 aromatic heterocycles. The van der Waals surface area contributed by atoms with Crippen LogP contribution in [0.5, 0.6) is 0 Å². The Hall–Kier alpha value is 2.05. The van der Waals surface area contributed by atoms with Gasteiger partial charge in [0.05, 0.1) is 0 Å². The molecular formula is CuFeMnNi. The topological polar surface area (TPSA) is 0 Å². The second kappa shape index (κ2) is 19.7. The van der Waals surface area contributed by atoms with Crippen molar-refractivity contribution in [2.24, 2.45) is 0 Å². The van der Waals surface area contributed by atoms with Crippen molar-refractivity contribution < 1.29 is 67.7 Å². The molecule has 0 aliphatic carbocycles. The van der Waals surface area contributed by atoms with Crippen LogP contribution in [0.4, 0.5) is 0 Å². The average molecular weight is 233 g/mol. The molecule has 0 rings (SSSR count). The van der Waals surface area contributed by atoms with Crippen molar-refractivity contribution in [1.82, 2.24) is 0 Å². The molecular weight excluding hydrogens is 233 g/mol. The third-order valence-corrected chi connectivity index (χ3v) is 0. The van der Waals surface area contributed by atoms with Crippen LogP contribution in [0.25, 0.3) is 0 Å². The van der Waals surface area contributed by atoms with E-state index in [-0.39, 0.29) is 67.7 Å². The van der Waals surface area contributed by atoms with Crippen LogP contribution >= 0.6 is 0 Å². The summed E-state index contributed by atoms with van der Waals surface area (Å²) in [7, 11) is 0. The summed E-state index contributed by atoms with van der Waals surface area (Å²) in [6.07, 6.45) is 0. The Morgan fingerprint density at radius 3 is 1.00 bits per heavy atom. The molecule has 0 N–H and O–H groups in total. The van der Waals surface area contributed by atoms with Crippen LogP contribution < -0.4 is 0 Å². The fourth-order valence-corrected chi connectivity index (χ4v) is 0. The van der Waals surface area contributed by atoms with E-state index < -0.39 is 0 Å². The summed E-state index contributed by atoms with van der Waals surface area (Å²) in [6.45, 7) is 0. The quantitative estimate of drug-likeness (QED) is 0.516. The molecule has 36 valence electrons. The Balaban J connectivity index is 0. The largest absolute Gasteiger partial charge is 0 e. The molecule has 0 aliphatic rings. The van der Waals surface area contributed by atoms with Gasteiger partial charge in [-0.05, 0) is 0 Å². The van der Waals surface area contributed by atoms with E-state index in [1.165, 1.54) is 0 Å². The smallest absolute Gasteiger partial charge is 0 e. The molecule has 0 spiro atoms. The van der Waals surface area contributed by atoms with Gasteiger partial charge in [-0.1, -0.05) is 0 Å².